The molecule has 1 saturated heterocycles. The molecule has 2 aromatic carbocycles. The zero-order valence-electron chi connectivity index (χ0n) is 46.8. The Hall–Kier alpha value is -4.00. The van der Waals surface area contributed by atoms with Crippen molar-refractivity contribution in [2.24, 2.45) is 11.3 Å². The summed E-state index contributed by atoms with van der Waals surface area (Å²) < 4.78 is 18.3. The summed E-state index contributed by atoms with van der Waals surface area (Å²) in [5.41, 5.74) is 2.81. The molecule has 74 heavy (non-hydrogen) atoms. The van der Waals surface area contributed by atoms with E-state index in [2.05, 4.69) is 13.8 Å². The van der Waals surface area contributed by atoms with Crippen LogP contribution in [-0.4, -0.2) is 23.7 Å². The summed E-state index contributed by atoms with van der Waals surface area (Å²) in [6.07, 6.45) is 51.0. The minimum absolute atomic E-state index is 0.155. The van der Waals surface area contributed by atoms with E-state index in [0.29, 0.717) is 29.9 Å². The Morgan fingerprint density at radius 3 is 1.30 bits per heavy atom. The fourth-order valence-electron chi connectivity index (χ4n) is 13.2. The first kappa shape index (κ1) is 59.2. The number of rotatable bonds is 37. The third kappa shape index (κ3) is 17.8. The van der Waals surface area contributed by atoms with Crippen LogP contribution in [0.4, 0.5) is 0 Å². The van der Waals surface area contributed by atoms with E-state index in [-0.39, 0.29) is 35.0 Å². The van der Waals surface area contributed by atoms with Gasteiger partial charge in [0, 0.05) is 40.9 Å². The van der Waals surface area contributed by atoms with Crippen LogP contribution in [0, 0.1) is 11.3 Å². The third-order valence-electron chi connectivity index (χ3n) is 17.4. The van der Waals surface area contributed by atoms with E-state index >= 15 is 0 Å². The summed E-state index contributed by atoms with van der Waals surface area (Å²) in [4.78, 5) is 54.6. The maximum Gasteiger partial charge on any atom is 0.335 e. The van der Waals surface area contributed by atoms with Crippen molar-refractivity contribution in [1.29, 1.82) is 0 Å². The van der Waals surface area contributed by atoms with Gasteiger partial charge in [-0.2, -0.15) is 0 Å². The molecular weight excluding hydrogens is 917 g/mol. The molecule has 1 heterocycles. The van der Waals surface area contributed by atoms with Crippen LogP contribution in [-0.2, 0) is 24.7 Å². The Morgan fingerprint density at radius 1 is 0.500 bits per heavy atom. The SMILES string of the molecule is CCCCCCCCCCCCCCCCCC(=O)Oc1ccc(C(=O)/C=C2/C3(CCCCC3)C3C(=C4CCCCC4)C(=O)OC23c2ccc(OC(=O)CCCCCCCCCCCCCCCCC)cc2)cc1. The summed E-state index contributed by atoms with van der Waals surface area (Å²) in [6, 6.07) is 14.5. The van der Waals surface area contributed by atoms with E-state index in [4.69, 9.17) is 14.2 Å². The average molecular weight is 1020 g/mol. The molecule has 1 spiro atoms. The second-order valence-electron chi connectivity index (χ2n) is 23.2. The highest BCUT2D eigenvalue weighted by molar-refractivity contribution is 6.06. The Balaban J connectivity index is 0.999. The average Bonchev–Trinajstić information content (AvgIpc) is 3.71. The van der Waals surface area contributed by atoms with Gasteiger partial charge in [0.15, 0.2) is 11.4 Å². The van der Waals surface area contributed by atoms with E-state index in [1.54, 1.807) is 30.3 Å². The second-order valence-corrected chi connectivity index (χ2v) is 23.2. The van der Waals surface area contributed by atoms with Gasteiger partial charge in [-0.3, -0.25) is 14.4 Å². The maximum absolute atomic E-state index is 14.4. The molecule has 7 heteroatoms. The van der Waals surface area contributed by atoms with E-state index in [0.717, 1.165) is 113 Å². The summed E-state index contributed by atoms with van der Waals surface area (Å²) in [5, 5.41) is 0. The van der Waals surface area contributed by atoms with Crippen LogP contribution in [0.3, 0.4) is 0 Å². The third-order valence-corrected chi connectivity index (χ3v) is 17.4. The van der Waals surface area contributed by atoms with Crippen molar-refractivity contribution in [2.45, 2.75) is 289 Å². The zero-order chi connectivity index (χ0) is 52.1. The predicted molar refractivity (Wildman–Crippen MR) is 303 cm³/mol. The molecule has 410 valence electrons. The normalized spacial score (nSPS) is 19.6. The van der Waals surface area contributed by atoms with Crippen LogP contribution in [0.1, 0.15) is 299 Å². The van der Waals surface area contributed by atoms with Crippen molar-refractivity contribution in [3.63, 3.8) is 0 Å². The molecule has 0 bridgehead atoms. The van der Waals surface area contributed by atoms with E-state index in [1.807, 2.05) is 24.3 Å². The van der Waals surface area contributed by atoms with Gasteiger partial charge >= 0.3 is 17.9 Å². The smallest absolute Gasteiger partial charge is 0.335 e. The first-order valence-electron chi connectivity index (χ1n) is 31.2. The standard InChI is InChI=1S/C67H100O7/c1-3-5-7-9-11-13-15-17-19-21-23-25-27-29-35-41-61(69)72-57-47-43-54(44-48-57)59(68)53-60-66(51-37-32-38-52-66)64-63(55-39-33-31-34-40-55)65(71)74-67(60,64)56-45-49-58(50-46-56)73-62(70)42-36-30-28-26-24-22-20-18-16-14-12-10-8-6-4-2/h43-50,53,64H,3-42,51-52H2,1-2H3/b60-53-. The second kappa shape index (κ2) is 33.2. The minimum atomic E-state index is -1.11. The predicted octanol–water partition coefficient (Wildman–Crippen LogP) is 19.4. The number of allylic oxidation sites excluding steroid dienone is 2. The van der Waals surface area contributed by atoms with Crippen LogP contribution >= 0.6 is 0 Å². The Morgan fingerprint density at radius 2 is 0.878 bits per heavy atom. The quantitative estimate of drug-likeness (QED) is 0.0219. The molecule has 4 fully saturated rings. The van der Waals surface area contributed by atoms with E-state index in [1.165, 1.54) is 166 Å². The molecule has 0 radical (unpaired) electrons. The summed E-state index contributed by atoms with van der Waals surface area (Å²) in [6.45, 7) is 4.55. The topological polar surface area (TPSA) is 96.0 Å². The molecular formula is C67H100O7. The lowest BCUT2D eigenvalue weighted by Crippen LogP contribution is -2.61. The molecule has 7 nitrogen and oxygen atoms in total. The van der Waals surface area contributed by atoms with Crippen LogP contribution in [0.25, 0.3) is 0 Å². The van der Waals surface area contributed by atoms with Crippen LogP contribution < -0.4 is 9.47 Å². The zero-order valence-corrected chi connectivity index (χ0v) is 46.8. The number of ether oxygens (including phenoxy) is 3. The van der Waals surface area contributed by atoms with Gasteiger partial charge in [0.05, 0.1) is 0 Å². The van der Waals surface area contributed by atoms with Gasteiger partial charge in [-0.15, -0.1) is 0 Å². The van der Waals surface area contributed by atoms with Gasteiger partial charge in [0.1, 0.15) is 11.5 Å². The van der Waals surface area contributed by atoms with Gasteiger partial charge < -0.3 is 14.2 Å². The van der Waals surface area contributed by atoms with Gasteiger partial charge in [-0.25, -0.2) is 4.79 Å². The molecule has 3 saturated carbocycles. The lowest BCUT2D eigenvalue weighted by molar-refractivity contribution is -0.160. The number of esters is 3. The number of carbonyl (C=O) groups excluding carboxylic acids is 4. The number of benzene rings is 2. The van der Waals surface area contributed by atoms with E-state index in [9.17, 15) is 19.2 Å². The monoisotopic (exact) mass is 1020 g/mol. The minimum Gasteiger partial charge on any atom is -0.445 e. The highest BCUT2D eigenvalue weighted by Crippen LogP contribution is 2.75. The lowest BCUT2D eigenvalue weighted by atomic mass is 9.41. The fraction of sp³-hybridized carbons (Fsp3) is 0.701. The summed E-state index contributed by atoms with van der Waals surface area (Å²) in [5.74, 6) is -0.133. The van der Waals surface area contributed by atoms with Crippen molar-refractivity contribution in [3.05, 3.63) is 82.5 Å². The molecule has 2 unspecified atom stereocenters. The van der Waals surface area contributed by atoms with Crippen molar-refractivity contribution in [2.75, 3.05) is 0 Å². The summed E-state index contributed by atoms with van der Waals surface area (Å²) >= 11 is 0. The first-order chi connectivity index (χ1) is 36.3. The molecule has 4 aliphatic rings. The molecule has 2 aromatic rings. The highest BCUT2D eigenvalue weighted by Gasteiger charge is 2.75. The van der Waals surface area contributed by atoms with Crippen LogP contribution in [0.5, 0.6) is 11.5 Å². The molecule has 0 amide bonds. The van der Waals surface area contributed by atoms with Crippen molar-refractivity contribution < 1.29 is 33.4 Å². The highest BCUT2D eigenvalue weighted by atomic mass is 16.6. The number of hydrogen-bond donors (Lipinski definition) is 0. The van der Waals surface area contributed by atoms with Crippen LogP contribution in [0.2, 0.25) is 0 Å². The van der Waals surface area contributed by atoms with E-state index < -0.39 is 5.60 Å². The lowest BCUT2D eigenvalue weighted by Gasteiger charge is -2.62. The summed E-state index contributed by atoms with van der Waals surface area (Å²) in [7, 11) is 0. The van der Waals surface area contributed by atoms with Crippen LogP contribution in [0.15, 0.2) is 71.3 Å². The Labute approximate surface area is 449 Å². The molecule has 2 atom stereocenters. The first-order valence-corrected chi connectivity index (χ1v) is 31.2. The van der Waals surface area contributed by atoms with Gasteiger partial charge in [0.2, 0.25) is 0 Å². The van der Waals surface area contributed by atoms with Crippen molar-refractivity contribution >= 4 is 23.7 Å². The Bertz CT molecular complexity index is 2030. The van der Waals surface area contributed by atoms with Gasteiger partial charge in [-0.1, -0.05) is 237 Å². The largest absolute Gasteiger partial charge is 0.445 e. The number of hydrogen-bond acceptors (Lipinski definition) is 7. The van der Waals surface area contributed by atoms with Crippen molar-refractivity contribution in [3.8, 4) is 11.5 Å². The van der Waals surface area contributed by atoms with Gasteiger partial charge in [0.25, 0.3) is 0 Å². The Kier molecular flexibility index (Phi) is 26.6. The fourth-order valence-corrected chi connectivity index (χ4v) is 13.2. The number of fused-ring (bicyclic) bond motifs is 2. The number of unbranched alkanes of at least 4 members (excludes halogenated alkanes) is 28. The number of ketones is 1. The van der Waals surface area contributed by atoms with Gasteiger partial charge in [-0.05, 0) is 99.4 Å². The molecule has 3 aliphatic carbocycles. The number of carbonyl (C=O) groups is 4. The van der Waals surface area contributed by atoms with Crippen molar-refractivity contribution in [1.82, 2.24) is 0 Å². The molecule has 6 rings (SSSR count). The molecule has 1 aliphatic heterocycles. The molecule has 0 aromatic heterocycles. The maximum atomic E-state index is 14.4. The molecule has 0 N–H and O–H groups in total.